The van der Waals surface area contributed by atoms with Gasteiger partial charge in [0.15, 0.2) is 0 Å². The molecule has 0 saturated heterocycles. The maximum atomic E-state index is 13.5. The minimum absolute atomic E-state index is 0.0660. The molecule has 20 heavy (non-hydrogen) atoms. The van der Waals surface area contributed by atoms with Gasteiger partial charge in [-0.15, -0.1) is 0 Å². The highest BCUT2D eigenvalue weighted by molar-refractivity contribution is 6.30. The van der Waals surface area contributed by atoms with E-state index in [0.717, 1.165) is 0 Å². The maximum Gasteiger partial charge on any atom is 0.142 e. The topological polar surface area (TPSA) is 35.2 Å². The van der Waals surface area contributed by atoms with E-state index in [4.69, 9.17) is 22.1 Å². The van der Waals surface area contributed by atoms with Crippen LogP contribution in [0.3, 0.4) is 0 Å². The first-order valence-electron chi connectivity index (χ1n) is 6.21. The highest BCUT2D eigenvalue weighted by Crippen LogP contribution is 2.40. The molecular formula is C15H12ClF2NO. The first-order valence-corrected chi connectivity index (χ1v) is 6.59. The van der Waals surface area contributed by atoms with Gasteiger partial charge < -0.3 is 10.5 Å². The van der Waals surface area contributed by atoms with Crippen molar-refractivity contribution in [3.63, 3.8) is 0 Å². The summed E-state index contributed by atoms with van der Waals surface area (Å²) >= 11 is 5.66. The molecule has 2 atom stereocenters. The smallest absolute Gasteiger partial charge is 0.142 e. The van der Waals surface area contributed by atoms with Gasteiger partial charge in [-0.1, -0.05) is 17.7 Å². The monoisotopic (exact) mass is 295 g/mol. The molecule has 0 fully saturated rings. The molecule has 2 aromatic rings. The van der Waals surface area contributed by atoms with Crippen molar-refractivity contribution in [2.24, 2.45) is 5.73 Å². The van der Waals surface area contributed by atoms with Gasteiger partial charge in [0, 0.05) is 18.0 Å². The molecule has 1 aliphatic heterocycles. The molecule has 2 N–H and O–H groups in total. The fourth-order valence-electron chi connectivity index (χ4n) is 2.39. The Morgan fingerprint density at radius 3 is 2.70 bits per heavy atom. The first kappa shape index (κ1) is 13.3. The Morgan fingerprint density at radius 2 is 1.95 bits per heavy atom. The third kappa shape index (κ3) is 2.37. The van der Waals surface area contributed by atoms with Crippen LogP contribution in [0, 0.1) is 11.6 Å². The van der Waals surface area contributed by atoms with Gasteiger partial charge in [-0.25, -0.2) is 8.78 Å². The maximum absolute atomic E-state index is 13.5. The van der Waals surface area contributed by atoms with Gasteiger partial charge in [-0.3, -0.25) is 0 Å². The Balaban J connectivity index is 1.94. The number of benzene rings is 2. The second-order valence-electron chi connectivity index (χ2n) is 4.80. The van der Waals surface area contributed by atoms with Crippen molar-refractivity contribution in [2.45, 2.75) is 18.6 Å². The molecule has 3 rings (SSSR count). The van der Waals surface area contributed by atoms with Crippen LogP contribution < -0.4 is 10.5 Å². The summed E-state index contributed by atoms with van der Waals surface area (Å²) in [4.78, 5) is 0. The lowest BCUT2D eigenvalue weighted by Crippen LogP contribution is -2.24. The molecule has 1 heterocycles. The van der Waals surface area contributed by atoms with Crippen LogP contribution >= 0.6 is 11.6 Å². The summed E-state index contributed by atoms with van der Waals surface area (Å²) < 4.78 is 32.5. The molecule has 0 aliphatic carbocycles. The summed E-state index contributed by atoms with van der Waals surface area (Å²) in [5, 5.41) is 0.0660. The zero-order valence-corrected chi connectivity index (χ0v) is 11.2. The molecule has 2 nitrogen and oxygen atoms in total. The molecule has 0 aromatic heterocycles. The zero-order valence-electron chi connectivity index (χ0n) is 10.4. The molecule has 1 unspecified atom stereocenters. The SMILES string of the molecule is N[C@H]1CC(c2ccc(Cl)c(F)c2)Oc2ccc(F)cc21. The third-order valence-corrected chi connectivity index (χ3v) is 3.73. The molecule has 2 aromatic carbocycles. The van der Waals surface area contributed by atoms with E-state index in [2.05, 4.69) is 0 Å². The lowest BCUT2D eigenvalue weighted by molar-refractivity contribution is 0.160. The van der Waals surface area contributed by atoms with E-state index in [1.807, 2.05) is 0 Å². The Morgan fingerprint density at radius 1 is 1.15 bits per heavy atom. The van der Waals surface area contributed by atoms with Gasteiger partial charge in [-0.2, -0.15) is 0 Å². The first-order chi connectivity index (χ1) is 9.54. The summed E-state index contributed by atoms with van der Waals surface area (Å²) in [5.74, 6) is -0.310. The Bertz CT molecular complexity index is 662. The van der Waals surface area contributed by atoms with Gasteiger partial charge >= 0.3 is 0 Å². The fourth-order valence-corrected chi connectivity index (χ4v) is 2.51. The summed E-state index contributed by atoms with van der Waals surface area (Å²) in [7, 11) is 0. The van der Waals surface area contributed by atoms with Crippen molar-refractivity contribution >= 4 is 11.6 Å². The van der Waals surface area contributed by atoms with Crippen LogP contribution in [-0.2, 0) is 0 Å². The largest absolute Gasteiger partial charge is 0.485 e. The zero-order chi connectivity index (χ0) is 14.3. The van der Waals surface area contributed by atoms with Crippen molar-refractivity contribution in [1.29, 1.82) is 0 Å². The molecule has 0 amide bonds. The summed E-state index contributed by atoms with van der Waals surface area (Å²) in [6.07, 6.45) is 0.0899. The Labute approximate surface area is 120 Å². The van der Waals surface area contributed by atoms with Crippen LogP contribution in [0.4, 0.5) is 8.78 Å². The number of fused-ring (bicyclic) bond motifs is 1. The van der Waals surface area contributed by atoms with E-state index in [9.17, 15) is 8.78 Å². The van der Waals surface area contributed by atoms with Crippen LogP contribution in [0.15, 0.2) is 36.4 Å². The molecule has 104 valence electrons. The van der Waals surface area contributed by atoms with Gasteiger partial charge in [0.25, 0.3) is 0 Å². The molecule has 0 saturated carbocycles. The normalized spacial score (nSPS) is 21.2. The van der Waals surface area contributed by atoms with E-state index < -0.39 is 5.82 Å². The Hall–Kier alpha value is -1.65. The second kappa shape index (κ2) is 5.04. The van der Waals surface area contributed by atoms with Crippen LogP contribution in [0.5, 0.6) is 5.75 Å². The average molecular weight is 296 g/mol. The van der Waals surface area contributed by atoms with Crippen molar-refractivity contribution in [3.05, 3.63) is 64.2 Å². The number of rotatable bonds is 1. The molecule has 1 aliphatic rings. The highest BCUT2D eigenvalue weighted by atomic mass is 35.5. The van der Waals surface area contributed by atoms with E-state index in [-0.39, 0.29) is 23.0 Å². The summed E-state index contributed by atoms with van der Waals surface area (Å²) in [5.41, 5.74) is 7.34. The average Bonchev–Trinajstić information content (AvgIpc) is 2.42. The van der Waals surface area contributed by atoms with E-state index in [0.29, 0.717) is 23.3 Å². The quantitative estimate of drug-likeness (QED) is 0.858. The van der Waals surface area contributed by atoms with Gasteiger partial charge in [0.2, 0.25) is 0 Å². The molecule has 0 bridgehead atoms. The minimum Gasteiger partial charge on any atom is -0.485 e. The van der Waals surface area contributed by atoms with Gasteiger partial charge in [0.05, 0.1) is 5.02 Å². The van der Waals surface area contributed by atoms with Crippen LogP contribution in [-0.4, -0.2) is 0 Å². The lowest BCUT2D eigenvalue weighted by atomic mass is 9.93. The second-order valence-corrected chi connectivity index (χ2v) is 5.21. The van der Waals surface area contributed by atoms with Crippen LogP contribution in [0.25, 0.3) is 0 Å². The fraction of sp³-hybridized carbons (Fsp3) is 0.200. The van der Waals surface area contributed by atoms with E-state index in [1.165, 1.54) is 24.3 Å². The summed E-state index contributed by atoms with van der Waals surface area (Å²) in [6.45, 7) is 0. The molecule has 0 spiro atoms. The van der Waals surface area contributed by atoms with Crippen molar-refractivity contribution in [2.75, 3.05) is 0 Å². The van der Waals surface area contributed by atoms with Gasteiger partial charge in [-0.05, 0) is 35.9 Å². The number of halogens is 3. The number of ether oxygens (including phenoxy) is 1. The van der Waals surface area contributed by atoms with Gasteiger partial charge in [0.1, 0.15) is 23.5 Å². The Kier molecular flexibility index (Phi) is 3.36. The number of hydrogen-bond acceptors (Lipinski definition) is 2. The van der Waals surface area contributed by atoms with Crippen molar-refractivity contribution in [3.8, 4) is 5.75 Å². The van der Waals surface area contributed by atoms with Crippen LogP contribution in [0.2, 0.25) is 5.02 Å². The number of hydrogen-bond donors (Lipinski definition) is 1. The predicted molar refractivity (Wildman–Crippen MR) is 72.7 cm³/mol. The minimum atomic E-state index is -0.494. The molecular weight excluding hydrogens is 284 g/mol. The van der Waals surface area contributed by atoms with E-state index >= 15 is 0 Å². The third-order valence-electron chi connectivity index (χ3n) is 3.42. The highest BCUT2D eigenvalue weighted by Gasteiger charge is 2.27. The molecule has 0 radical (unpaired) electrons. The van der Waals surface area contributed by atoms with Crippen molar-refractivity contribution < 1.29 is 13.5 Å². The van der Waals surface area contributed by atoms with Crippen LogP contribution in [0.1, 0.15) is 29.7 Å². The predicted octanol–water partition coefficient (Wildman–Crippen LogP) is 4.14. The summed E-state index contributed by atoms with van der Waals surface area (Å²) in [6, 6.07) is 8.42. The van der Waals surface area contributed by atoms with Crippen molar-refractivity contribution in [1.82, 2.24) is 0 Å². The number of nitrogens with two attached hydrogens (primary N) is 1. The molecule has 5 heteroatoms. The lowest BCUT2D eigenvalue weighted by Gasteiger charge is -2.30. The standard InChI is InChI=1S/C15H12ClF2NO/c16-11-3-1-8(5-12(11)18)15-7-13(19)10-6-9(17)2-4-14(10)20-15/h1-6,13,15H,7,19H2/t13-,15?/m0/s1. The van der Waals surface area contributed by atoms with E-state index in [1.54, 1.807) is 12.1 Å².